The monoisotopic (exact) mass is 275 g/mol. The van der Waals surface area contributed by atoms with Crippen LogP contribution in [0.5, 0.6) is 0 Å². The summed E-state index contributed by atoms with van der Waals surface area (Å²) in [6, 6.07) is 3.73. The van der Waals surface area contributed by atoms with Gasteiger partial charge in [-0.05, 0) is 17.5 Å². The fraction of sp³-hybridized carbons (Fsp3) is 0.600. The molecule has 5 heteroatoms. The molecule has 0 saturated carbocycles. The minimum Gasteiger partial charge on any atom is -0.379 e. The predicted octanol–water partition coefficient (Wildman–Crippen LogP) is 1.21. The van der Waals surface area contributed by atoms with E-state index in [0.29, 0.717) is 12.5 Å². The Balaban J connectivity index is 2.24. The number of aromatic nitrogens is 1. The molecular formula is C15H21N3O2. The largest absolute Gasteiger partial charge is 0.379 e. The molecule has 0 aliphatic carbocycles. The average Bonchev–Trinajstić information content (AvgIpc) is 2.43. The third kappa shape index (κ3) is 3.69. The van der Waals surface area contributed by atoms with Gasteiger partial charge in [0.05, 0.1) is 13.2 Å². The van der Waals surface area contributed by atoms with Crippen molar-refractivity contribution in [3.63, 3.8) is 0 Å². The molecule has 1 aliphatic heterocycles. The Morgan fingerprint density at radius 3 is 2.70 bits per heavy atom. The highest BCUT2D eigenvalue weighted by molar-refractivity contribution is 5.30. The topological polar surface area (TPSA) is 58.3 Å². The molecule has 20 heavy (non-hydrogen) atoms. The second-order valence-electron chi connectivity index (χ2n) is 5.61. The van der Waals surface area contributed by atoms with E-state index in [0.717, 1.165) is 38.4 Å². The van der Waals surface area contributed by atoms with Gasteiger partial charge in [0.2, 0.25) is 0 Å². The first-order valence-corrected chi connectivity index (χ1v) is 7.03. The summed E-state index contributed by atoms with van der Waals surface area (Å²) < 4.78 is 6.99. The molecule has 1 aromatic rings. The van der Waals surface area contributed by atoms with Crippen LogP contribution in [-0.4, -0.2) is 35.8 Å². The number of ether oxygens (including phenoxy) is 1. The van der Waals surface area contributed by atoms with Gasteiger partial charge in [0, 0.05) is 32.4 Å². The molecule has 0 amide bonds. The van der Waals surface area contributed by atoms with Gasteiger partial charge in [-0.3, -0.25) is 9.69 Å². The van der Waals surface area contributed by atoms with Gasteiger partial charge in [-0.15, -0.1) is 0 Å². The van der Waals surface area contributed by atoms with Gasteiger partial charge in [-0.25, -0.2) is 0 Å². The van der Waals surface area contributed by atoms with Crippen molar-refractivity contribution < 1.29 is 4.74 Å². The second-order valence-corrected chi connectivity index (χ2v) is 5.61. The summed E-state index contributed by atoms with van der Waals surface area (Å²) in [4.78, 5) is 14.4. The van der Waals surface area contributed by atoms with Crippen molar-refractivity contribution in [2.75, 3.05) is 26.3 Å². The van der Waals surface area contributed by atoms with Crippen molar-refractivity contribution in [2.45, 2.75) is 26.9 Å². The Kier molecular flexibility index (Phi) is 4.94. The van der Waals surface area contributed by atoms with E-state index in [1.54, 1.807) is 10.6 Å². The third-order valence-electron chi connectivity index (χ3n) is 3.33. The number of morpholine rings is 1. The zero-order valence-electron chi connectivity index (χ0n) is 12.1. The number of nitrogens with zero attached hydrogens (tertiary/aromatic N) is 3. The lowest BCUT2D eigenvalue weighted by Crippen LogP contribution is -2.36. The molecule has 1 aliphatic rings. The number of rotatable bonds is 4. The summed E-state index contributed by atoms with van der Waals surface area (Å²) in [5.74, 6) is 0.373. The number of nitriles is 1. The predicted molar refractivity (Wildman–Crippen MR) is 76.4 cm³/mol. The molecule has 1 aromatic heterocycles. The molecule has 0 N–H and O–H groups in total. The van der Waals surface area contributed by atoms with Crippen molar-refractivity contribution in [1.82, 2.24) is 9.47 Å². The van der Waals surface area contributed by atoms with Crippen molar-refractivity contribution in [1.29, 1.82) is 5.26 Å². The summed E-state index contributed by atoms with van der Waals surface area (Å²) in [7, 11) is 0. The molecular weight excluding hydrogens is 254 g/mol. The molecule has 2 rings (SSSR count). The maximum Gasteiger partial charge on any atom is 0.268 e. The molecule has 0 bridgehead atoms. The van der Waals surface area contributed by atoms with Crippen LogP contribution in [0.2, 0.25) is 0 Å². The maximum absolute atomic E-state index is 12.1. The fourth-order valence-corrected chi connectivity index (χ4v) is 2.41. The van der Waals surface area contributed by atoms with E-state index < -0.39 is 0 Å². The molecule has 108 valence electrons. The molecule has 0 atom stereocenters. The van der Waals surface area contributed by atoms with Crippen LogP contribution in [0.1, 0.15) is 25.0 Å². The normalized spacial score (nSPS) is 16.3. The van der Waals surface area contributed by atoms with Gasteiger partial charge in [0.1, 0.15) is 11.6 Å². The van der Waals surface area contributed by atoms with Crippen LogP contribution in [0.3, 0.4) is 0 Å². The minimum absolute atomic E-state index is 0.188. The molecule has 0 unspecified atom stereocenters. The van der Waals surface area contributed by atoms with Gasteiger partial charge in [-0.2, -0.15) is 5.26 Å². The van der Waals surface area contributed by atoms with Gasteiger partial charge in [-0.1, -0.05) is 13.8 Å². The Morgan fingerprint density at radius 2 is 2.10 bits per heavy atom. The van der Waals surface area contributed by atoms with Crippen molar-refractivity contribution in [2.24, 2.45) is 5.92 Å². The van der Waals surface area contributed by atoms with E-state index in [2.05, 4.69) is 18.7 Å². The van der Waals surface area contributed by atoms with E-state index >= 15 is 0 Å². The molecule has 0 aromatic carbocycles. The van der Waals surface area contributed by atoms with Crippen molar-refractivity contribution in [3.8, 4) is 6.07 Å². The maximum atomic E-state index is 12.1. The van der Waals surface area contributed by atoms with Gasteiger partial charge >= 0.3 is 0 Å². The molecule has 5 nitrogen and oxygen atoms in total. The summed E-state index contributed by atoms with van der Waals surface area (Å²) in [5.41, 5.74) is 1.06. The highest BCUT2D eigenvalue weighted by Crippen LogP contribution is 2.08. The van der Waals surface area contributed by atoms with E-state index in [9.17, 15) is 4.79 Å². The van der Waals surface area contributed by atoms with Crippen LogP contribution < -0.4 is 5.56 Å². The van der Waals surface area contributed by atoms with Gasteiger partial charge in [0.25, 0.3) is 5.56 Å². The van der Waals surface area contributed by atoms with Crippen LogP contribution in [0.25, 0.3) is 0 Å². The fourth-order valence-electron chi connectivity index (χ4n) is 2.41. The highest BCUT2D eigenvalue weighted by Gasteiger charge is 2.13. The molecule has 0 radical (unpaired) electrons. The first kappa shape index (κ1) is 14.8. The first-order chi connectivity index (χ1) is 9.60. The lowest BCUT2D eigenvalue weighted by molar-refractivity contribution is 0.0341. The Bertz CT molecular complexity index is 551. The van der Waals surface area contributed by atoms with Gasteiger partial charge < -0.3 is 9.30 Å². The highest BCUT2D eigenvalue weighted by atomic mass is 16.5. The molecule has 1 saturated heterocycles. The van der Waals surface area contributed by atoms with Crippen molar-refractivity contribution in [3.05, 3.63) is 33.7 Å². The van der Waals surface area contributed by atoms with Crippen molar-refractivity contribution >= 4 is 0 Å². The van der Waals surface area contributed by atoms with E-state index in [1.165, 1.54) is 0 Å². The first-order valence-electron chi connectivity index (χ1n) is 7.03. The van der Waals surface area contributed by atoms with E-state index in [-0.39, 0.29) is 11.1 Å². The summed E-state index contributed by atoms with van der Waals surface area (Å²) >= 11 is 0. The summed E-state index contributed by atoms with van der Waals surface area (Å²) in [5, 5.41) is 9.11. The molecule has 0 spiro atoms. The summed E-state index contributed by atoms with van der Waals surface area (Å²) in [6.45, 7) is 8.81. The Morgan fingerprint density at radius 1 is 1.40 bits per heavy atom. The Labute approximate surface area is 119 Å². The quantitative estimate of drug-likeness (QED) is 0.828. The van der Waals surface area contributed by atoms with Crippen LogP contribution in [0, 0.1) is 17.2 Å². The number of hydrogen-bond acceptors (Lipinski definition) is 4. The van der Waals surface area contributed by atoms with E-state index in [4.69, 9.17) is 10.00 Å². The molecule has 1 fully saturated rings. The van der Waals surface area contributed by atoms with E-state index in [1.807, 2.05) is 12.3 Å². The van der Waals surface area contributed by atoms with Gasteiger partial charge in [0.15, 0.2) is 0 Å². The zero-order valence-corrected chi connectivity index (χ0v) is 12.1. The minimum atomic E-state index is -0.188. The van der Waals surface area contributed by atoms with Crippen LogP contribution >= 0.6 is 0 Å². The standard InChI is InChI=1S/C15H21N3O2/c1-12(2)9-18-11-13(7-14(8-16)15(18)19)10-17-3-5-20-6-4-17/h7,11-12H,3-6,9-10H2,1-2H3. The molecule has 2 heterocycles. The smallest absolute Gasteiger partial charge is 0.268 e. The Hall–Kier alpha value is -1.64. The lowest BCUT2D eigenvalue weighted by atomic mass is 10.1. The number of pyridine rings is 1. The summed E-state index contributed by atoms with van der Waals surface area (Å²) in [6.07, 6.45) is 1.89. The number of hydrogen-bond donors (Lipinski definition) is 0. The third-order valence-corrected chi connectivity index (χ3v) is 3.33. The zero-order chi connectivity index (χ0) is 14.5. The van der Waals surface area contributed by atoms with Crippen LogP contribution in [-0.2, 0) is 17.8 Å². The lowest BCUT2D eigenvalue weighted by Gasteiger charge is -2.26. The second kappa shape index (κ2) is 6.69. The SMILES string of the molecule is CC(C)Cn1cc(CN2CCOCC2)cc(C#N)c1=O. The average molecular weight is 275 g/mol. The van der Waals surface area contributed by atoms with Crippen LogP contribution in [0.15, 0.2) is 17.1 Å². The van der Waals surface area contributed by atoms with Crippen LogP contribution in [0.4, 0.5) is 0 Å².